The zero-order valence-electron chi connectivity index (χ0n) is 14.5. The molecule has 2 aromatic rings. The summed E-state index contributed by atoms with van der Waals surface area (Å²) >= 11 is 0. The molecule has 0 spiro atoms. The molecule has 0 bridgehead atoms. The van der Waals surface area contributed by atoms with Gasteiger partial charge in [-0.25, -0.2) is 0 Å². The summed E-state index contributed by atoms with van der Waals surface area (Å²) in [5, 5.41) is 10.4. The monoisotopic (exact) mass is 327 g/mol. The summed E-state index contributed by atoms with van der Waals surface area (Å²) < 4.78 is 5.17. The van der Waals surface area contributed by atoms with Gasteiger partial charge in [0.05, 0.1) is 19.8 Å². The van der Waals surface area contributed by atoms with Gasteiger partial charge >= 0.3 is 0 Å². The first kappa shape index (κ1) is 18.0. The minimum absolute atomic E-state index is 0.0216. The van der Waals surface area contributed by atoms with Crippen LogP contribution in [0.3, 0.4) is 0 Å². The number of benzene rings is 2. The van der Waals surface area contributed by atoms with Crippen molar-refractivity contribution >= 4 is 5.91 Å². The molecular weight excluding hydrogens is 302 g/mol. The molecule has 1 N–H and O–H groups in total. The van der Waals surface area contributed by atoms with Crippen molar-refractivity contribution in [3.05, 3.63) is 65.7 Å². The number of carbonyl (C=O) groups excluding carboxylic acids is 1. The Bertz CT molecular complexity index is 657. The highest BCUT2D eigenvalue weighted by Crippen LogP contribution is 2.22. The number of likely N-dealkylation sites (N-methyl/N-ethyl adjacent to an activating group) is 1. The van der Waals surface area contributed by atoms with Crippen LogP contribution in [-0.2, 0) is 4.79 Å². The van der Waals surface area contributed by atoms with Crippen LogP contribution in [0.5, 0.6) is 5.75 Å². The normalized spacial score (nSPS) is 13.2. The van der Waals surface area contributed by atoms with Gasteiger partial charge in [0.25, 0.3) is 0 Å². The van der Waals surface area contributed by atoms with Gasteiger partial charge in [0, 0.05) is 13.5 Å². The van der Waals surface area contributed by atoms with E-state index in [2.05, 4.69) is 0 Å². The van der Waals surface area contributed by atoms with Crippen LogP contribution in [0.4, 0.5) is 0 Å². The van der Waals surface area contributed by atoms with E-state index in [0.29, 0.717) is 12.2 Å². The maximum Gasteiger partial charge on any atom is 0.223 e. The molecule has 0 heterocycles. The average molecular weight is 327 g/mol. The lowest BCUT2D eigenvalue weighted by atomic mass is 9.97. The Kier molecular flexibility index (Phi) is 6.38. The molecule has 0 radical (unpaired) electrons. The lowest BCUT2D eigenvalue weighted by Gasteiger charge is -2.23. The Balaban J connectivity index is 1.93. The first-order valence-electron chi connectivity index (χ1n) is 8.12. The van der Waals surface area contributed by atoms with E-state index in [0.717, 1.165) is 11.1 Å². The topological polar surface area (TPSA) is 49.8 Å². The number of carbonyl (C=O) groups is 1. The van der Waals surface area contributed by atoms with Crippen LogP contribution >= 0.6 is 0 Å². The van der Waals surface area contributed by atoms with Crippen LogP contribution in [0.2, 0.25) is 0 Å². The molecule has 4 heteroatoms. The van der Waals surface area contributed by atoms with Crippen molar-refractivity contribution in [2.45, 2.75) is 25.4 Å². The van der Waals surface area contributed by atoms with E-state index >= 15 is 0 Å². The number of amides is 1. The van der Waals surface area contributed by atoms with Gasteiger partial charge in [-0.3, -0.25) is 4.79 Å². The Hall–Kier alpha value is -2.33. The second-order valence-corrected chi connectivity index (χ2v) is 6.08. The number of aliphatic hydroxyl groups excluding tert-OH is 1. The lowest BCUT2D eigenvalue weighted by Crippen LogP contribution is -2.31. The van der Waals surface area contributed by atoms with Crippen LogP contribution in [-0.4, -0.2) is 36.6 Å². The van der Waals surface area contributed by atoms with Gasteiger partial charge in [-0.2, -0.15) is 0 Å². The minimum Gasteiger partial charge on any atom is -0.497 e. The van der Waals surface area contributed by atoms with Gasteiger partial charge in [0.2, 0.25) is 5.91 Å². The largest absolute Gasteiger partial charge is 0.497 e. The minimum atomic E-state index is -0.735. The van der Waals surface area contributed by atoms with Crippen molar-refractivity contribution in [1.29, 1.82) is 0 Å². The average Bonchev–Trinajstić information content (AvgIpc) is 2.62. The molecule has 0 fully saturated rings. The summed E-state index contributed by atoms with van der Waals surface area (Å²) in [6, 6.07) is 17.3. The van der Waals surface area contributed by atoms with E-state index in [1.807, 2.05) is 55.5 Å². The predicted molar refractivity (Wildman–Crippen MR) is 95.1 cm³/mol. The molecule has 0 aliphatic rings. The molecule has 0 aromatic heterocycles. The van der Waals surface area contributed by atoms with Crippen molar-refractivity contribution in [2.24, 2.45) is 0 Å². The van der Waals surface area contributed by atoms with E-state index < -0.39 is 6.10 Å². The number of hydrogen-bond acceptors (Lipinski definition) is 3. The third kappa shape index (κ3) is 4.83. The zero-order valence-corrected chi connectivity index (χ0v) is 14.5. The zero-order chi connectivity index (χ0) is 17.5. The number of hydrogen-bond donors (Lipinski definition) is 1. The van der Waals surface area contributed by atoms with Crippen molar-refractivity contribution in [2.75, 3.05) is 20.7 Å². The summed E-state index contributed by atoms with van der Waals surface area (Å²) in [4.78, 5) is 14.0. The highest BCUT2D eigenvalue weighted by Gasteiger charge is 2.18. The van der Waals surface area contributed by atoms with Gasteiger partial charge < -0.3 is 14.7 Å². The highest BCUT2D eigenvalue weighted by molar-refractivity contribution is 5.76. The van der Waals surface area contributed by atoms with E-state index in [4.69, 9.17) is 4.74 Å². The summed E-state index contributed by atoms with van der Waals surface area (Å²) in [6.45, 7) is 2.30. The van der Waals surface area contributed by atoms with Gasteiger partial charge in [-0.1, -0.05) is 49.4 Å². The summed E-state index contributed by atoms with van der Waals surface area (Å²) in [5.41, 5.74) is 1.89. The molecular formula is C20H25NO3. The molecule has 1 amide bonds. The highest BCUT2D eigenvalue weighted by atomic mass is 16.5. The molecule has 0 aliphatic carbocycles. The molecule has 0 saturated carbocycles. The fraction of sp³-hybridized carbons (Fsp3) is 0.350. The van der Waals surface area contributed by atoms with Gasteiger partial charge in [-0.15, -0.1) is 0 Å². The SMILES string of the molecule is COc1cccc(C(O)CN(C)C(=O)CC(C)c2ccccc2)c1. The molecule has 128 valence electrons. The summed E-state index contributed by atoms with van der Waals surface area (Å²) in [6.07, 6.45) is -0.313. The predicted octanol–water partition coefficient (Wildman–Crippen LogP) is 3.38. The molecule has 2 aromatic carbocycles. The summed E-state index contributed by atoms with van der Waals surface area (Å²) in [7, 11) is 3.32. The molecule has 0 saturated heterocycles. The second kappa shape index (κ2) is 8.50. The van der Waals surface area contributed by atoms with Crippen molar-refractivity contribution in [1.82, 2.24) is 4.90 Å². The standard InChI is InChI=1S/C20H25NO3/c1-15(16-8-5-4-6-9-16)12-20(23)21(2)14-19(22)17-10-7-11-18(13-17)24-3/h4-11,13,15,19,22H,12,14H2,1-3H3. The maximum atomic E-state index is 12.4. The van der Waals surface area contributed by atoms with E-state index in [9.17, 15) is 9.90 Å². The van der Waals surface area contributed by atoms with E-state index in [1.165, 1.54) is 0 Å². The second-order valence-electron chi connectivity index (χ2n) is 6.08. The molecule has 2 atom stereocenters. The number of nitrogens with zero attached hydrogens (tertiary/aromatic N) is 1. The first-order valence-corrected chi connectivity index (χ1v) is 8.12. The number of rotatable bonds is 7. The molecule has 2 rings (SSSR count). The van der Waals surface area contributed by atoms with Crippen molar-refractivity contribution in [3.8, 4) is 5.75 Å². The van der Waals surface area contributed by atoms with Gasteiger partial charge in [0.15, 0.2) is 0 Å². The Morgan fingerprint density at radius 3 is 2.46 bits per heavy atom. The number of aliphatic hydroxyl groups is 1. The van der Waals surface area contributed by atoms with Gasteiger partial charge in [0.1, 0.15) is 5.75 Å². The quantitative estimate of drug-likeness (QED) is 0.848. The molecule has 0 aliphatic heterocycles. The number of methoxy groups -OCH3 is 1. The smallest absolute Gasteiger partial charge is 0.223 e. The fourth-order valence-corrected chi connectivity index (χ4v) is 2.63. The maximum absolute atomic E-state index is 12.4. The van der Waals surface area contributed by atoms with Crippen molar-refractivity contribution < 1.29 is 14.6 Å². The van der Waals surface area contributed by atoms with Gasteiger partial charge in [-0.05, 0) is 29.2 Å². The van der Waals surface area contributed by atoms with Crippen LogP contribution in [0.1, 0.15) is 36.5 Å². The Morgan fingerprint density at radius 1 is 1.12 bits per heavy atom. The van der Waals surface area contributed by atoms with Crippen LogP contribution in [0.15, 0.2) is 54.6 Å². The third-order valence-electron chi connectivity index (χ3n) is 4.20. The summed E-state index contributed by atoms with van der Waals surface area (Å²) in [5.74, 6) is 0.863. The van der Waals surface area contributed by atoms with Crippen LogP contribution in [0, 0.1) is 0 Å². The first-order chi connectivity index (χ1) is 11.5. The molecule has 4 nitrogen and oxygen atoms in total. The van der Waals surface area contributed by atoms with Crippen molar-refractivity contribution in [3.63, 3.8) is 0 Å². The third-order valence-corrected chi connectivity index (χ3v) is 4.20. The molecule has 24 heavy (non-hydrogen) atoms. The van der Waals surface area contributed by atoms with Crippen LogP contribution in [0.25, 0.3) is 0 Å². The Labute approximate surface area is 143 Å². The van der Waals surface area contributed by atoms with E-state index in [-0.39, 0.29) is 18.4 Å². The molecule has 2 unspecified atom stereocenters. The fourth-order valence-electron chi connectivity index (χ4n) is 2.63. The lowest BCUT2D eigenvalue weighted by molar-refractivity contribution is -0.131. The number of ether oxygens (including phenoxy) is 1. The van der Waals surface area contributed by atoms with E-state index in [1.54, 1.807) is 25.1 Å². The Morgan fingerprint density at radius 2 is 1.79 bits per heavy atom. The van der Waals surface area contributed by atoms with Crippen LogP contribution < -0.4 is 4.74 Å².